The number of unbranched alkanes of at least 4 members (excludes halogenated alkanes) is 2. The van der Waals surface area contributed by atoms with E-state index in [1.807, 2.05) is 28.5 Å². The van der Waals surface area contributed by atoms with Gasteiger partial charge in [-0.05, 0) is 37.8 Å². The molecule has 1 amide bonds. The third-order valence-corrected chi connectivity index (χ3v) is 4.37. The summed E-state index contributed by atoms with van der Waals surface area (Å²) < 4.78 is 0. The summed E-state index contributed by atoms with van der Waals surface area (Å²) in [5.74, 6) is 0.0140. The normalized spacial score (nSPS) is 11.0. The molecule has 0 fully saturated rings. The van der Waals surface area contributed by atoms with Gasteiger partial charge in [-0.15, -0.1) is 11.3 Å². The Bertz CT molecular complexity index is 560. The summed E-state index contributed by atoms with van der Waals surface area (Å²) in [6, 6.07) is 6.06. The second-order valence-electron chi connectivity index (χ2n) is 5.44. The maximum atomic E-state index is 12.6. The lowest BCUT2D eigenvalue weighted by atomic mass is 10.2. The van der Waals surface area contributed by atoms with Crippen molar-refractivity contribution in [1.82, 2.24) is 15.1 Å². The van der Waals surface area contributed by atoms with Crippen molar-refractivity contribution >= 4 is 17.2 Å². The van der Waals surface area contributed by atoms with Crippen molar-refractivity contribution in [3.05, 3.63) is 29.3 Å². The zero-order valence-corrected chi connectivity index (χ0v) is 13.7. The van der Waals surface area contributed by atoms with E-state index >= 15 is 0 Å². The van der Waals surface area contributed by atoms with Crippen LogP contribution in [0.3, 0.4) is 0 Å². The van der Waals surface area contributed by atoms with Crippen LogP contribution in [0, 0.1) is 0 Å². The Balaban J connectivity index is 2.09. The molecule has 0 spiro atoms. The van der Waals surface area contributed by atoms with Crippen LogP contribution in [0.2, 0.25) is 0 Å². The molecule has 0 aliphatic carbocycles. The molecule has 0 saturated heterocycles. The van der Waals surface area contributed by atoms with Gasteiger partial charge in [-0.1, -0.05) is 25.8 Å². The maximum absolute atomic E-state index is 12.6. The first-order valence-corrected chi connectivity index (χ1v) is 8.41. The maximum Gasteiger partial charge on any atom is 0.274 e. The first-order chi connectivity index (χ1) is 10.1. The number of amides is 1. The largest absolute Gasteiger partial charge is 0.335 e. The number of carbonyl (C=O) groups is 1. The first kappa shape index (κ1) is 15.8. The summed E-state index contributed by atoms with van der Waals surface area (Å²) in [4.78, 5) is 15.6. The summed E-state index contributed by atoms with van der Waals surface area (Å²) in [6.07, 6.45) is 3.35. The van der Waals surface area contributed by atoms with E-state index in [4.69, 9.17) is 0 Å². The van der Waals surface area contributed by atoms with E-state index in [1.54, 1.807) is 11.3 Å². The molecule has 1 N–H and O–H groups in total. The highest BCUT2D eigenvalue weighted by atomic mass is 32.1. The SMILES string of the molecule is CCCCCN(C(=O)c1cc(-c2cccs2)[nH]n1)C(C)C. The monoisotopic (exact) mass is 305 g/mol. The minimum Gasteiger partial charge on any atom is -0.335 e. The van der Waals surface area contributed by atoms with E-state index in [0.29, 0.717) is 5.69 Å². The van der Waals surface area contributed by atoms with Gasteiger partial charge in [0.15, 0.2) is 5.69 Å². The molecule has 0 unspecified atom stereocenters. The molecule has 0 radical (unpaired) electrons. The van der Waals surface area contributed by atoms with Crippen molar-refractivity contribution < 1.29 is 4.79 Å². The lowest BCUT2D eigenvalue weighted by Gasteiger charge is -2.25. The van der Waals surface area contributed by atoms with E-state index in [0.717, 1.165) is 36.4 Å². The van der Waals surface area contributed by atoms with E-state index in [-0.39, 0.29) is 11.9 Å². The molecule has 21 heavy (non-hydrogen) atoms. The predicted octanol–water partition coefficient (Wildman–Crippen LogP) is 4.18. The smallest absolute Gasteiger partial charge is 0.274 e. The van der Waals surface area contributed by atoms with Crippen LogP contribution in [0.4, 0.5) is 0 Å². The van der Waals surface area contributed by atoms with Crippen LogP contribution in [0.1, 0.15) is 50.5 Å². The second kappa shape index (κ2) is 7.41. The zero-order valence-electron chi connectivity index (χ0n) is 12.9. The fourth-order valence-corrected chi connectivity index (χ4v) is 2.96. The highest BCUT2D eigenvalue weighted by molar-refractivity contribution is 7.13. The minimum atomic E-state index is 0.0140. The Morgan fingerprint density at radius 3 is 2.86 bits per heavy atom. The topological polar surface area (TPSA) is 49.0 Å². The van der Waals surface area contributed by atoms with Crippen LogP contribution in [-0.2, 0) is 0 Å². The van der Waals surface area contributed by atoms with Gasteiger partial charge in [-0.3, -0.25) is 9.89 Å². The summed E-state index contributed by atoms with van der Waals surface area (Å²) in [5, 5.41) is 9.17. The number of hydrogen-bond donors (Lipinski definition) is 1. The Morgan fingerprint density at radius 2 is 2.24 bits per heavy atom. The predicted molar refractivity (Wildman–Crippen MR) is 87.6 cm³/mol. The molecule has 0 aliphatic heterocycles. The van der Waals surface area contributed by atoms with E-state index < -0.39 is 0 Å². The van der Waals surface area contributed by atoms with Crippen molar-refractivity contribution in [3.63, 3.8) is 0 Å². The van der Waals surface area contributed by atoms with Crippen molar-refractivity contribution in [2.75, 3.05) is 6.54 Å². The van der Waals surface area contributed by atoms with Crippen LogP contribution in [-0.4, -0.2) is 33.6 Å². The lowest BCUT2D eigenvalue weighted by molar-refractivity contribution is 0.0696. The average molecular weight is 305 g/mol. The van der Waals surface area contributed by atoms with E-state index in [9.17, 15) is 4.79 Å². The van der Waals surface area contributed by atoms with Crippen molar-refractivity contribution in [3.8, 4) is 10.6 Å². The van der Waals surface area contributed by atoms with Crippen molar-refractivity contribution in [2.45, 2.75) is 46.1 Å². The van der Waals surface area contributed by atoms with E-state index in [2.05, 4.69) is 31.0 Å². The quantitative estimate of drug-likeness (QED) is 0.780. The first-order valence-electron chi connectivity index (χ1n) is 7.53. The zero-order chi connectivity index (χ0) is 15.2. The molecule has 2 aromatic rings. The number of nitrogens with one attached hydrogen (secondary N) is 1. The van der Waals surface area contributed by atoms with Gasteiger partial charge in [0.25, 0.3) is 5.91 Å². The summed E-state index contributed by atoms with van der Waals surface area (Å²) in [5.41, 5.74) is 1.41. The average Bonchev–Trinajstić information content (AvgIpc) is 3.11. The molecular weight excluding hydrogens is 282 g/mol. The van der Waals surface area contributed by atoms with Crippen LogP contribution in [0.15, 0.2) is 23.6 Å². The molecule has 2 rings (SSSR count). The van der Waals surface area contributed by atoms with Gasteiger partial charge in [0.2, 0.25) is 0 Å². The molecule has 0 aliphatic rings. The number of H-pyrrole nitrogens is 1. The van der Waals surface area contributed by atoms with Gasteiger partial charge in [0.1, 0.15) is 0 Å². The highest BCUT2D eigenvalue weighted by Crippen LogP contribution is 2.23. The molecule has 2 aromatic heterocycles. The molecule has 0 aromatic carbocycles. The fraction of sp³-hybridized carbons (Fsp3) is 0.500. The second-order valence-corrected chi connectivity index (χ2v) is 6.39. The summed E-state index contributed by atoms with van der Waals surface area (Å²) in [7, 11) is 0. The third kappa shape index (κ3) is 3.94. The van der Waals surface area contributed by atoms with E-state index in [1.165, 1.54) is 0 Å². The molecule has 2 heterocycles. The standard InChI is InChI=1S/C16H23N3OS/c1-4-5-6-9-19(12(2)3)16(20)14-11-13(17-18-14)15-8-7-10-21-15/h7-8,10-12H,4-6,9H2,1-3H3,(H,17,18). The number of thiophene rings is 1. The van der Waals surface area contributed by atoms with Crippen molar-refractivity contribution in [1.29, 1.82) is 0 Å². The Morgan fingerprint density at radius 1 is 1.43 bits per heavy atom. The third-order valence-electron chi connectivity index (χ3n) is 3.47. The van der Waals surface area contributed by atoms with Crippen LogP contribution in [0.25, 0.3) is 10.6 Å². The molecule has 114 valence electrons. The van der Waals surface area contributed by atoms with Gasteiger partial charge in [-0.25, -0.2) is 0 Å². The molecule has 4 nitrogen and oxygen atoms in total. The molecular formula is C16H23N3OS. The molecule has 0 atom stereocenters. The summed E-state index contributed by atoms with van der Waals surface area (Å²) in [6.45, 7) is 7.07. The van der Waals surface area contributed by atoms with Crippen LogP contribution >= 0.6 is 11.3 Å². The number of nitrogens with zero attached hydrogens (tertiary/aromatic N) is 2. The van der Waals surface area contributed by atoms with Gasteiger partial charge in [0.05, 0.1) is 10.6 Å². The number of aromatic amines is 1. The number of rotatable bonds is 7. The highest BCUT2D eigenvalue weighted by Gasteiger charge is 2.21. The Labute approximate surface area is 130 Å². The lowest BCUT2D eigenvalue weighted by Crippen LogP contribution is -2.37. The Hall–Kier alpha value is -1.62. The molecule has 0 saturated carbocycles. The van der Waals surface area contributed by atoms with Crippen LogP contribution in [0.5, 0.6) is 0 Å². The number of hydrogen-bond acceptors (Lipinski definition) is 3. The van der Waals surface area contributed by atoms with Gasteiger partial charge in [-0.2, -0.15) is 5.10 Å². The number of aromatic nitrogens is 2. The minimum absolute atomic E-state index is 0.0140. The van der Waals surface area contributed by atoms with Gasteiger partial charge < -0.3 is 4.90 Å². The summed E-state index contributed by atoms with van der Waals surface area (Å²) >= 11 is 1.64. The van der Waals surface area contributed by atoms with Crippen LogP contribution < -0.4 is 0 Å². The van der Waals surface area contributed by atoms with Gasteiger partial charge >= 0.3 is 0 Å². The fourth-order valence-electron chi connectivity index (χ4n) is 2.26. The van der Waals surface area contributed by atoms with Gasteiger partial charge in [0, 0.05) is 12.6 Å². The Kier molecular flexibility index (Phi) is 5.56. The van der Waals surface area contributed by atoms with Crippen molar-refractivity contribution in [2.24, 2.45) is 0 Å². The molecule has 0 bridgehead atoms. The number of carbonyl (C=O) groups excluding carboxylic acids is 1. The molecule has 5 heteroatoms.